The minimum atomic E-state index is 0.127. The van der Waals surface area contributed by atoms with Crippen LogP contribution in [0.25, 0.3) is 0 Å². The lowest BCUT2D eigenvalue weighted by atomic mass is 10.1. The predicted molar refractivity (Wildman–Crippen MR) is 88.5 cm³/mol. The number of hydrogen-bond acceptors (Lipinski definition) is 1. The fourth-order valence-electron chi connectivity index (χ4n) is 2.34. The molecule has 2 nitrogen and oxygen atoms in total. The summed E-state index contributed by atoms with van der Waals surface area (Å²) in [6, 6.07) is 18.1. The zero-order valence-electron chi connectivity index (χ0n) is 12.5. The molecule has 21 heavy (non-hydrogen) atoms. The van der Waals surface area contributed by atoms with E-state index in [0.717, 1.165) is 12.1 Å². The second-order valence-corrected chi connectivity index (χ2v) is 5.12. The minimum Gasteiger partial charge on any atom is -0.309 e. The van der Waals surface area contributed by atoms with Crippen molar-refractivity contribution in [1.82, 2.24) is 0 Å². The lowest BCUT2D eigenvalue weighted by Gasteiger charge is -2.21. The van der Waals surface area contributed by atoms with Crippen LogP contribution < -0.4 is 4.90 Å². The number of rotatable bonds is 6. The molecule has 0 aliphatic heterocycles. The molecular formula is C19H21NO. The number of aryl methyl sites for hydroxylation is 2. The van der Waals surface area contributed by atoms with E-state index >= 15 is 0 Å². The molecule has 0 saturated carbocycles. The van der Waals surface area contributed by atoms with Crippen molar-refractivity contribution >= 4 is 11.6 Å². The van der Waals surface area contributed by atoms with Gasteiger partial charge in [-0.25, -0.2) is 0 Å². The lowest BCUT2D eigenvalue weighted by Crippen LogP contribution is -2.31. The van der Waals surface area contributed by atoms with E-state index in [0.29, 0.717) is 13.0 Å². The first kappa shape index (κ1) is 15.0. The smallest absolute Gasteiger partial charge is 0.227 e. The third kappa shape index (κ3) is 4.32. The Balaban J connectivity index is 2.04. The largest absolute Gasteiger partial charge is 0.309 e. The maximum absolute atomic E-state index is 12.5. The highest BCUT2D eigenvalue weighted by atomic mass is 16.2. The molecule has 108 valence electrons. The average Bonchev–Trinajstić information content (AvgIpc) is 2.51. The van der Waals surface area contributed by atoms with Crippen LogP contribution in [0.1, 0.15) is 17.5 Å². The molecule has 0 saturated heterocycles. The Hall–Kier alpha value is -2.35. The Morgan fingerprint density at radius 3 is 2.57 bits per heavy atom. The Labute approximate surface area is 126 Å². The highest BCUT2D eigenvalue weighted by Crippen LogP contribution is 2.16. The molecule has 0 spiro atoms. The number of nitrogens with zero attached hydrogens (tertiary/aromatic N) is 1. The van der Waals surface area contributed by atoms with Crippen LogP contribution in [0.3, 0.4) is 0 Å². The van der Waals surface area contributed by atoms with E-state index in [-0.39, 0.29) is 5.91 Å². The molecule has 2 rings (SSSR count). The fourth-order valence-corrected chi connectivity index (χ4v) is 2.34. The molecule has 2 heteroatoms. The van der Waals surface area contributed by atoms with Gasteiger partial charge in [-0.3, -0.25) is 4.79 Å². The number of amides is 1. The maximum atomic E-state index is 12.5. The van der Waals surface area contributed by atoms with Crippen molar-refractivity contribution in [1.29, 1.82) is 0 Å². The molecule has 0 heterocycles. The van der Waals surface area contributed by atoms with Gasteiger partial charge in [0.05, 0.1) is 0 Å². The first-order valence-corrected chi connectivity index (χ1v) is 7.22. The van der Waals surface area contributed by atoms with Crippen LogP contribution in [0.4, 0.5) is 5.69 Å². The molecule has 1 amide bonds. The van der Waals surface area contributed by atoms with Crippen LogP contribution in [0.15, 0.2) is 67.3 Å². The lowest BCUT2D eigenvalue weighted by molar-refractivity contribution is -0.118. The zero-order valence-corrected chi connectivity index (χ0v) is 12.5. The monoisotopic (exact) mass is 279 g/mol. The summed E-state index contributed by atoms with van der Waals surface area (Å²) < 4.78 is 0. The molecule has 0 radical (unpaired) electrons. The van der Waals surface area contributed by atoms with Gasteiger partial charge in [-0.2, -0.15) is 0 Å². The molecule has 2 aromatic carbocycles. The Bertz CT molecular complexity index is 604. The molecule has 0 fully saturated rings. The Morgan fingerprint density at radius 1 is 1.14 bits per heavy atom. The maximum Gasteiger partial charge on any atom is 0.227 e. The van der Waals surface area contributed by atoms with E-state index in [2.05, 4.69) is 31.7 Å². The van der Waals surface area contributed by atoms with Gasteiger partial charge < -0.3 is 4.90 Å². The first-order valence-electron chi connectivity index (χ1n) is 7.22. The number of benzene rings is 2. The van der Waals surface area contributed by atoms with Gasteiger partial charge in [0.2, 0.25) is 5.91 Å². The average molecular weight is 279 g/mol. The molecule has 0 bridgehead atoms. The third-order valence-electron chi connectivity index (χ3n) is 3.39. The molecular weight excluding hydrogens is 258 g/mol. The van der Waals surface area contributed by atoms with Crippen LogP contribution in [-0.4, -0.2) is 12.5 Å². The SMILES string of the molecule is C=CCN(C(=O)CCc1cccc(C)c1)c1ccccc1. The molecule has 0 aliphatic carbocycles. The van der Waals surface area contributed by atoms with E-state index in [1.165, 1.54) is 11.1 Å². The van der Waals surface area contributed by atoms with E-state index < -0.39 is 0 Å². The van der Waals surface area contributed by atoms with E-state index in [9.17, 15) is 4.79 Å². The summed E-state index contributed by atoms with van der Waals surface area (Å²) in [5, 5.41) is 0. The number of anilines is 1. The first-order chi connectivity index (χ1) is 10.2. The number of para-hydroxylation sites is 1. The third-order valence-corrected chi connectivity index (χ3v) is 3.39. The zero-order chi connectivity index (χ0) is 15.1. The van der Waals surface area contributed by atoms with Gasteiger partial charge in [0.15, 0.2) is 0 Å². The molecule has 0 aliphatic rings. The summed E-state index contributed by atoms with van der Waals surface area (Å²) in [4.78, 5) is 14.3. The molecule has 0 unspecified atom stereocenters. The van der Waals surface area contributed by atoms with Gasteiger partial charge in [-0.05, 0) is 31.0 Å². The highest BCUT2D eigenvalue weighted by molar-refractivity contribution is 5.93. The highest BCUT2D eigenvalue weighted by Gasteiger charge is 2.13. The fraction of sp³-hybridized carbons (Fsp3) is 0.211. The van der Waals surface area contributed by atoms with Crippen molar-refractivity contribution in [2.24, 2.45) is 0 Å². The van der Waals surface area contributed by atoms with Crippen molar-refractivity contribution in [2.45, 2.75) is 19.8 Å². The predicted octanol–water partition coefficient (Wildman–Crippen LogP) is 4.15. The molecule has 2 aromatic rings. The summed E-state index contributed by atoms with van der Waals surface area (Å²) in [6.07, 6.45) is 3.03. The van der Waals surface area contributed by atoms with Crippen LogP contribution in [0.2, 0.25) is 0 Å². The minimum absolute atomic E-state index is 0.127. The standard InChI is InChI=1S/C19H21NO/c1-3-14-20(18-10-5-4-6-11-18)19(21)13-12-17-9-7-8-16(2)15-17/h3-11,15H,1,12-14H2,2H3. The van der Waals surface area contributed by atoms with E-state index in [4.69, 9.17) is 0 Å². The van der Waals surface area contributed by atoms with Crippen LogP contribution >= 0.6 is 0 Å². The van der Waals surface area contributed by atoms with Crippen LogP contribution in [0, 0.1) is 6.92 Å². The van der Waals surface area contributed by atoms with Crippen molar-refractivity contribution in [3.63, 3.8) is 0 Å². The number of carbonyl (C=O) groups excluding carboxylic acids is 1. The summed E-state index contributed by atoms with van der Waals surface area (Å²) in [6.45, 7) is 6.35. The van der Waals surface area contributed by atoms with Crippen molar-refractivity contribution in [3.8, 4) is 0 Å². The van der Waals surface area contributed by atoms with Crippen molar-refractivity contribution in [2.75, 3.05) is 11.4 Å². The van der Waals surface area contributed by atoms with Crippen LogP contribution in [-0.2, 0) is 11.2 Å². The van der Waals surface area contributed by atoms with E-state index in [1.807, 2.05) is 36.4 Å². The Kier molecular flexibility index (Phi) is 5.33. The van der Waals surface area contributed by atoms with Gasteiger partial charge in [0, 0.05) is 18.7 Å². The van der Waals surface area contributed by atoms with Crippen molar-refractivity contribution in [3.05, 3.63) is 78.4 Å². The van der Waals surface area contributed by atoms with Crippen LogP contribution in [0.5, 0.6) is 0 Å². The normalized spacial score (nSPS) is 10.1. The molecule has 0 N–H and O–H groups in total. The van der Waals surface area contributed by atoms with Gasteiger partial charge in [0.1, 0.15) is 0 Å². The van der Waals surface area contributed by atoms with E-state index in [1.54, 1.807) is 11.0 Å². The van der Waals surface area contributed by atoms with Crippen molar-refractivity contribution < 1.29 is 4.79 Å². The topological polar surface area (TPSA) is 20.3 Å². The van der Waals surface area contributed by atoms with Gasteiger partial charge >= 0.3 is 0 Å². The summed E-state index contributed by atoms with van der Waals surface area (Å²) in [5.41, 5.74) is 3.35. The number of hydrogen-bond donors (Lipinski definition) is 0. The van der Waals surface area contributed by atoms with Gasteiger partial charge in [-0.15, -0.1) is 6.58 Å². The molecule has 0 atom stereocenters. The summed E-state index contributed by atoms with van der Waals surface area (Å²) in [7, 11) is 0. The summed E-state index contributed by atoms with van der Waals surface area (Å²) >= 11 is 0. The van der Waals surface area contributed by atoms with Gasteiger partial charge in [0.25, 0.3) is 0 Å². The summed E-state index contributed by atoms with van der Waals surface area (Å²) in [5.74, 6) is 0.127. The second kappa shape index (κ2) is 7.44. The Morgan fingerprint density at radius 2 is 1.90 bits per heavy atom. The second-order valence-electron chi connectivity index (χ2n) is 5.12. The molecule has 0 aromatic heterocycles. The quantitative estimate of drug-likeness (QED) is 0.727. The number of carbonyl (C=O) groups is 1. The van der Waals surface area contributed by atoms with Gasteiger partial charge in [-0.1, -0.05) is 54.1 Å².